The average Bonchev–Trinajstić information content (AvgIpc) is 3.19. The second-order valence-electron chi connectivity index (χ2n) is 6.97. The number of aromatic nitrogens is 6. The molecule has 0 aromatic carbocycles. The molecule has 1 N–H and O–H groups in total. The quantitative estimate of drug-likeness (QED) is 0.423. The topological polar surface area (TPSA) is 110 Å². The van der Waals surface area contributed by atoms with E-state index in [0.717, 1.165) is 11.5 Å². The highest BCUT2D eigenvalue weighted by Crippen LogP contribution is 2.32. The second kappa shape index (κ2) is 7.41. The van der Waals surface area contributed by atoms with Crippen LogP contribution in [0.15, 0.2) is 58.3 Å². The van der Waals surface area contributed by atoms with E-state index in [-0.39, 0.29) is 10.9 Å². The van der Waals surface area contributed by atoms with Crippen molar-refractivity contribution in [2.75, 3.05) is 0 Å². The van der Waals surface area contributed by atoms with E-state index in [9.17, 15) is 4.79 Å². The zero-order chi connectivity index (χ0) is 21.5. The molecule has 0 aliphatic rings. The van der Waals surface area contributed by atoms with Crippen molar-refractivity contribution in [3.05, 3.63) is 75.9 Å². The van der Waals surface area contributed by atoms with Crippen molar-refractivity contribution in [2.45, 2.75) is 13.8 Å². The van der Waals surface area contributed by atoms with Crippen molar-refractivity contribution in [3.63, 3.8) is 0 Å². The minimum atomic E-state index is -0.291. The molecule has 0 atom stereocenters. The van der Waals surface area contributed by atoms with E-state index in [4.69, 9.17) is 21.0 Å². The molecule has 5 heterocycles. The molecule has 0 saturated carbocycles. The SMILES string of the molecule is Cc1cc(-c2nc3c(=O)c(-c4ccncn4)c[nH]c3nc2-c2ccc(C)o2)cc(Cl)n1. The third kappa shape index (κ3) is 3.47. The average molecular weight is 431 g/mol. The third-order valence-corrected chi connectivity index (χ3v) is 4.93. The number of H-pyrrole nitrogens is 1. The predicted molar refractivity (Wildman–Crippen MR) is 117 cm³/mol. The number of hydrogen-bond acceptors (Lipinski definition) is 7. The molecule has 0 spiro atoms. The molecule has 0 bridgehead atoms. The van der Waals surface area contributed by atoms with E-state index >= 15 is 0 Å². The maximum atomic E-state index is 13.3. The Hall–Kier alpha value is -3.91. The minimum Gasteiger partial charge on any atom is -0.460 e. The summed E-state index contributed by atoms with van der Waals surface area (Å²) in [6.07, 6.45) is 4.54. The first-order valence-electron chi connectivity index (χ1n) is 9.41. The molecule has 5 aromatic heterocycles. The molecule has 0 saturated heterocycles. The van der Waals surface area contributed by atoms with Gasteiger partial charge in [0, 0.05) is 23.7 Å². The Morgan fingerprint density at radius 3 is 2.61 bits per heavy atom. The van der Waals surface area contributed by atoms with Crippen molar-refractivity contribution in [3.8, 4) is 34.0 Å². The highest BCUT2D eigenvalue weighted by atomic mass is 35.5. The van der Waals surface area contributed by atoms with Crippen LogP contribution in [0.4, 0.5) is 0 Å². The zero-order valence-corrected chi connectivity index (χ0v) is 17.3. The molecule has 0 radical (unpaired) electrons. The van der Waals surface area contributed by atoms with E-state index in [0.29, 0.717) is 44.8 Å². The zero-order valence-electron chi connectivity index (χ0n) is 16.5. The van der Waals surface area contributed by atoms with Crippen LogP contribution in [0.1, 0.15) is 11.5 Å². The van der Waals surface area contributed by atoms with Crippen LogP contribution in [0.3, 0.4) is 0 Å². The lowest BCUT2D eigenvalue weighted by Crippen LogP contribution is -2.11. The van der Waals surface area contributed by atoms with Crippen LogP contribution in [0.5, 0.6) is 0 Å². The molecule has 5 aromatic rings. The first kappa shape index (κ1) is 19.1. The number of furan rings is 1. The predicted octanol–water partition coefficient (Wildman–Crippen LogP) is 4.37. The normalized spacial score (nSPS) is 11.2. The van der Waals surface area contributed by atoms with Gasteiger partial charge in [-0.2, -0.15) is 0 Å². The number of rotatable bonds is 3. The standard InChI is InChI=1S/C22H15ClN6O2/c1-11-7-13(8-17(23)27-11)18-19(16-4-3-12(2)31-16)29-22-20(28-18)21(30)14(9-25-22)15-5-6-24-10-26-15/h3-10H,1-2H3,(H,25,29,30). The molecular weight excluding hydrogens is 416 g/mol. The smallest absolute Gasteiger partial charge is 0.218 e. The molecule has 0 aliphatic carbocycles. The van der Waals surface area contributed by atoms with Gasteiger partial charge in [-0.15, -0.1) is 0 Å². The summed E-state index contributed by atoms with van der Waals surface area (Å²) in [6, 6.07) is 8.85. The Kier molecular flexibility index (Phi) is 4.56. The summed E-state index contributed by atoms with van der Waals surface area (Å²) < 4.78 is 5.80. The van der Waals surface area contributed by atoms with Gasteiger partial charge in [-0.3, -0.25) is 4.79 Å². The van der Waals surface area contributed by atoms with E-state index in [1.54, 1.807) is 24.5 Å². The van der Waals surface area contributed by atoms with Crippen LogP contribution < -0.4 is 5.43 Å². The van der Waals surface area contributed by atoms with Gasteiger partial charge in [0.1, 0.15) is 28.6 Å². The molecule has 0 amide bonds. The molecule has 8 nitrogen and oxygen atoms in total. The van der Waals surface area contributed by atoms with Gasteiger partial charge in [-0.25, -0.2) is 24.9 Å². The fourth-order valence-electron chi connectivity index (χ4n) is 3.37. The van der Waals surface area contributed by atoms with Crippen LogP contribution in [0.2, 0.25) is 5.15 Å². The molecule has 152 valence electrons. The van der Waals surface area contributed by atoms with Crippen molar-refractivity contribution in [2.24, 2.45) is 0 Å². The van der Waals surface area contributed by atoms with Crippen molar-refractivity contribution >= 4 is 22.8 Å². The minimum absolute atomic E-state index is 0.184. The van der Waals surface area contributed by atoms with Gasteiger partial charge in [0.05, 0.1) is 11.3 Å². The van der Waals surface area contributed by atoms with Gasteiger partial charge in [-0.05, 0) is 44.2 Å². The highest BCUT2D eigenvalue weighted by Gasteiger charge is 2.20. The van der Waals surface area contributed by atoms with Gasteiger partial charge >= 0.3 is 0 Å². The molecule has 0 aliphatic heterocycles. The van der Waals surface area contributed by atoms with Crippen LogP contribution in [0.25, 0.3) is 45.1 Å². The Balaban J connectivity index is 1.83. The van der Waals surface area contributed by atoms with Gasteiger partial charge in [-0.1, -0.05) is 11.6 Å². The van der Waals surface area contributed by atoms with E-state index < -0.39 is 0 Å². The number of nitrogens with zero attached hydrogens (tertiary/aromatic N) is 5. The van der Waals surface area contributed by atoms with Crippen LogP contribution in [-0.2, 0) is 0 Å². The van der Waals surface area contributed by atoms with Crippen LogP contribution in [0, 0.1) is 13.8 Å². The molecule has 0 fully saturated rings. The van der Waals surface area contributed by atoms with Crippen molar-refractivity contribution in [1.29, 1.82) is 0 Å². The summed E-state index contributed by atoms with van der Waals surface area (Å²) in [6.45, 7) is 3.68. The maximum Gasteiger partial charge on any atom is 0.218 e. The number of hydrogen-bond donors (Lipinski definition) is 1. The van der Waals surface area contributed by atoms with Crippen LogP contribution >= 0.6 is 11.6 Å². The summed E-state index contributed by atoms with van der Waals surface area (Å²) in [5.41, 5.74) is 3.47. The highest BCUT2D eigenvalue weighted by molar-refractivity contribution is 6.29. The number of nitrogens with one attached hydrogen (secondary N) is 1. The lowest BCUT2D eigenvalue weighted by atomic mass is 10.1. The van der Waals surface area contributed by atoms with E-state index in [1.165, 1.54) is 6.33 Å². The number of aryl methyl sites for hydroxylation is 2. The summed E-state index contributed by atoms with van der Waals surface area (Å²) in [7, 11) is 0. The Labute approximate surface area is 181 Å². The molecule has 0 unspecified atom stereocenters. The van der Waals surface area contributed by atoms with Crippen molar-refractivity contribution in [1.82, 2.24) is 29.9 Å². The molecular formula is C22H15ClN6O2. The largest absolute Gasteiger partial charge is 0.460 e. The number of aromatic amines is 1. The third-order valence-electron chi connectivity index (χ3n) is 4.74. The number of halogens is 1. The fourth-order valence-corrected chi connectivity index (χ4v) is 3.62. The van der Waals surface area contributed by atoms with Gasteiger partial charge < -0.3 is 9.40 Å². The van der Waals surface area contributed by atoms with E-state index in [2.05, 4.69) is 24.9 Å². The summed E-state index contributed by atoms with van der Waals surface area (Å²) in [5.74, 6) is 1.27. The molecule has 31 heavy (non-hydrogen) atoms. The Morgan fingerprint density at radius 1 is 1.03 bits per heavy atom. The molecule has 5 rings (SSSR count). The summed E-state index contributed by atoms with van der Waals surface area (Å²) in [5, 5.41) is 0.321. The monoisotopic (exact) mass is 430 g/mol. The van der Waals surface area contributed by atoms with Gasteiger partial charge in [0.2, 0.25) is 5.43 Å². The fraction of sp³-hybridized carbons (Fsp3) is 0.0909. The lowest BCUT2D eigenvalue weighted by Gasteiger charge is -2.10. The van der Waals surface area contributed by atoms with Gasteiger partial charge in [0.15, 0.2) is 16.9 Å². The first-order chi connectivity index (χ1) is 15.0. The van der Waals surface area contributed by atoms with Crippen LogP contribution in [-0.4, -0.2) is 29.9 Å². The Morgan fingerprint density at radius 2 is 1.90 bits per heavy atom. The molecule has 9 heteroatoms. The first-order valence-corrected chi connectivity index (χ1v) is 9.78. The Bertz CT molecular complexity index is 1470. The summed E-state index contributed by atoms with van der Waals surface area (Å²) in [4.78, 5) is 38.0. The maximum absolute atomic E-state index is 13.3. The lowest BCUT2D eigenvalue weighted by molar-refractivity contribution is 0.546. The van der Waals surface area contributed by atoms with E-state index in [1.807, 2.05) is 32.0 Å². The van der Waals surface area contributed by atoms with Gasteiger partial charge in [0.25, 0.3) is 0 Å². The second-order valence-corrected chi connectivity index (χ2v) is 7.36. The number of fused-ring (bicyclic) bond motifs is 1. The van der Waals surface area contributed by atoms with Crippen molar-refractivity contribution < 1.29 is 4.42 Å². The number of pyridine rings is 2. The summed E-state index contributed by atoms with van der Waals surface area (Å²) >= 11 is 6.19.